The number of carbonyl (C=O) groups excluding carboxylic acids is 1. The first kappa shape index (κ1) is 15.4. The lowest BCUT2D eigenvalue weighted by Crippen LogP contribution is -2.44. The fraction of sp³-hybridized carbons (Fsp3) is 0.846. The summed E-state index contributed by atoms with van der Waals surface area (Å²) in [5.74, 6) is 1.51. The summed E-state index contributed by atoms with van der Waals surface area (Å²) >= 11 is 1.97. The second-order valence-electron chi connectivity index (χ2n) is 5.72. The molecule has 2 heterocycles. The van der Waals surface area contributed by atoms with Crippen molar-refractivity contribution in [3.05, 3.63) is 0 Å². The van der Waals surface area contributed by atoms with E-state index in [-0.39, 0.29) is 6.03 Å². The van der Waals surface area contributed by atoms with Crippen LogP contribution in [0.2, 0.25) is 0 Å². The van der Waals surface area contributed by atoms with Crippen molar-refractivity contribution in [2.75, 3.05) is 50.8 Å². The second kappa shape index (κ2) is 6.67. The number of amides is 2. The van der Waals surface area contributed by atoms with Gasteiger partial charge in [0.15, 0.2) is 0 Å². The zero-order chi connectivity index (χ0) is 14.6. The molecule has 2 N–H and O–H groups in total. The summed E-state index contributed by atoms with van der Waals surface area (Å²) in [6.45, 7) is 6.19. The molecule has 0 bridgehead atoms. The number of hydrogen-bond acceptors (Lipinski definition) is 4. The number of carbonyl (C=O) groups is 2. The van der Waals surface area contributed by atoms with Crippen LogP contribution in [0.4, 0.5) is 4.79 Å². The minimum atomic E-state index is -0.821. The van der Waals surface area contributed by atoms with Crippen molar-refractivity contribution in [2.24, 2.45) is 5.41 Å². The monoisotopic (exact) mass is 301 g/mol. The van der Waals surface area contributed by atoms with Gasteiger partial charge in [-0.15, -0.1) is 0 Å². The SMILES string of the molecule is CC1(C(=O)O)CCN(C(=O)NCCN2CCSCC2)C1. The summed E-state index contributed by atoms with van der Waals surface area (Å²) in [6, 6.07) is -0.138. The van der Waals surface area contributed by atoms with Gasteiger partial charge in [-0.25, -0.2) is 4.79 Å². The van der Waals surface area contributed by atoms with Gasteiger partial charge in [0.25, 0.3) is 0 Å². The van der Waals surface area contributed by atoms with Gasteiger partial charge >= 0.3 is 12.0 Å². The molecular weight excluding hydrogens is 278 g/mol. The van der Waals surface area contributed by atoms with E-state index in [0.29, 0.717) is 26.1 Å². The van der Waals surface area contributed by atoms with Crippen LogP contribution in [0.3, 0.4) is 0 Å². The van der Waals surface area contributed by atoms with Gasteiger partial charge < -0.3 is 15.3 Å². The summed E-state index contributed by atoms with van der Waals surface area (Å²) in [4.78, 5) is 27.1. The van der Waals surface area contributed by atoms with Crippen LogP contribution in [0.5, 0.6) is 0 Å². The Morgan fingerprint density at radius 2 is 2.00 bits per heavy atom. The first-order valence-corrected chi connectivity index (χ1v) is 8.23. The molecule has 0 aromatic carbocycles. The standard InChI is InChI=1S/C13H23N3O3S/c1-13(11(17)18)2-4-16(10-13)12(19)14-3-5-15-6-8-20-9-7-15/h2-10H2,1H3,(H,14,19)(H,17,18). The van der Waals surface area contributed by atoms with E-state index in [2.05, 4.69) is 10.2 Å². The third-order valence-electron chi connectivity index (χ3n) is 4.08. The van der Waals surface area contributed by atoms with Crippen molar-refractivity contribution in [1.82, 2.24) is 15.1 Å². The van der Waals surface area contributed by atoms with E-state index in [9.17, 15) is 9.59 Å². The summed E-state index contributed by atoms with van der Waals surface area (Å²) in [6.07, 6.45) is 0.527. The normalized spacial score (nSPS) is 27.6. The lowest BCUT2D eigenvalue weighted by molar-refractivity contribution is -0.146. The van der Waals surface area contributed by atoms with Gasteiger partial charge in [-0.3, -0.25) is 9.69 Å². The molecule has 2 amide bonds. The molecular formula is C13H23N3O3S. The van der Waals surface area contributed by atoms with Gasteiger partial charge in [0.05, 0.1) is 5.41 Å². The van der Waals surface area contributed by atoms with Crippen LogP contribution >= 0.6 is 11.8 Å². The molecule has 7 heteroatoms. The first-order chi connectivity index (χ1) is 9.51. The zero-order valence-corrected chi connectivity index (χ0v) is 12.7. The molecule has 2 saturated heterocycles. The maximum absolute atomic E-state index is 12.0. The van der Waals surface area contributed by atoms with E-state index < -0.39 is 11.4 Å². The van der Waals surface area contributed by atoms with E-state index in [0.717, 1.165) is 31.1 Å². The number of carboxylic acid groups (broad SMARTS) is 1. The average molecular weight is 301 g/mol. The van der Waals surface area contributed by atoms with Gasteiger partial charge in [0.1, 0.15) is 0 Å². The van der Waals surface area contributed by atoms with Crippen molar-refractivity contribution in [1.29, 1.82) is 0 Å². The Labute approximate surface area is 123 Å². The van der Waals surface area contributed by atoms with E-state index in [4.69, 9.17) is 5.11 Å². The topological polar surface area (TPSA) is 72.9 Å². The highest BCUT2D eigenvalue weighted by molar-refractivity contribution is 7.99. The van der Waals surface area contributed by atoms with Crippen LogP contribution in [-0.2, 0) is 4.79 Å². The van der Waals surface area contributed by atoms with Crippen molar-refractivity contribution in [2.45, 2.75) is 13.3 Å². The number of carboxylic acids is 1. The second-order valence-corrected chi connectivity index (χ2v) is 6.95. The van der Waals surface area contributed by atoms with Gasteiger partial charge in [-0.05, 0) is 13.3 Å². The van der Waals surface area contributed by atoms with Crippen LogP contribution in [0.1, 0.15) is 13.3 Å². The Hall–Kier alpha value is -0.950. The molecule has 2 rings (SSSR count). The molecule has 0 aliphatic carbocycles. The largest absolute Gasteiger partial charge is 0.481 e. The van der Waals surface area contributed by atoms with Crippen LogP contribution in [0, 0.1) is 5.41 Å². The molecule has 2 aliphatic rings. The Balaban J connectivity index is 1.69. The van der Waals surface area contributed by atoms with E-state index in [1.165, 1.54) is 0 Å². The molecule has 0 spiro atoms. The number of rotatable bonds is 4. The smallest absolute Gasteiger partial charge is 0.317 e. The Kier molecular flexibility index (Phi) is 5.15. The number of aliphatic carboxylic acids is 1. The number of urea groups is 1. The number of thioether (sulfide) groups is 1. The summed E-state index contributed by atoms with van der Waals surface area (Å²) in [5, 5.41) is 12.0. The summed E-state index contributed by atoms with van der Waals surface area (Å²) in [5.41, 5.74) is -0.790. The number of hydrogen-bond donors (Lipinski definition) is 2. The van der Waals surface area contributed by atoms with Gasteiger partial charge in [0, 0.05) is 50.8 Å². The molecule has 1 atom stereocenters. The van der Waals surface area contributed by atoms with Crippen molar-refractivity contribution < 1.29 is 14.7 Å². The molecule has 114 valence electrons. The van der Waals surface area contributed by atoms with Crippen molar-refractivity contribution in [3.63, 3.8) is 0 Å². The van der Waals surface area contributed by atoms with E-state index >= 15 is 0 Å². The summed E-state index contributed by atoms with van der Waals surface area (Å²) in [7, 11) is 0. The highest BCUT2D eigenvalue weighted by atomic mass is 32.2. The van der Waals surface area contributed by atoms with E-state index in [1.54, 1.807) is 11.8 Å². The predicted octanol–water partition coefficient (Wildman–Crippen LogP) is 0.541. The Morgan fingerprint density at radius 1 is 1.30 bits per heavy atom. The fourth-order valence-electron chi connectivity index (χ4n) is 2.57. The fourth-order valence-corrected chi connectivity index (χ4v) is 3.55. The molecule has 0 aromatic heterocycles. The van der Waals surface area contributed by atoms with Crippen molar-refractivity contribution in [3.8, 4) is 0 Å². The number of likely N-dealkylation sites (tertiary alicyclic amines) is 1. The van der Waals surface area contributed by atoms with Crippen LogP contribution in [-0.4, -0.2) is 77.7 Å². The molecule has 20 heavy (non-hydrogen) atoms. The zero-order valence-electron chi connectivity index (χ0n) is 11.9. The van der Waals surface area contributed by atoms with Crippen LogP contribution in [0.15, 0.2) is 0 Å². The highest BCUT2D eigenvalue weighted by Crippen LogP contribution is 2.29. The molecule has 0 aromatic rings. The maximum atomic E-state index is 12.0. The van der Waals surface area contributed by atoms with Gasteiger partial charge in [-0.2, -0.15) is 11.8 Å². The third kappa shape index (κ3) is 3.79. The maximum Gasteiger partial charge on any atom is 0.317 e. The predicted molar refractivity (Wildman–Crippen MR) is 79.1 cm³/mol. The molecule has 0 radical (unpaired) electrons. The minimum absolute atomic E-state index is 0.138. The lowest BCUT2D eigenvalue weighted by Gasteiger charge is -2.26. The lowest BCUT2D eigenvalue weighted by atomic mass is 9.90. The molecule has 2 fully saturated rings. The van der Waals surface area contributed by atoms with Crippen LogP contribution < -0.4 is 5.32 Å². The van der Waals surface area contributed by atoms with Crippen molar-refractivity contribution >= 4 is 23.8 Å². The average Bonchev–Trinajstić information content (AvgIpc) is 2.84. The highest BCUT2D eigenvalue weighted by Gasteiger charge is 2.42. The quantitative estimate of drug-likeness (QED) is 0.793. The third-order valence-corrected chi connectivity index (χ3v) is 5.03. The molecule has 0 saturated carbocycles. The number of nitrogens with one attached hydrogen (secondary N) is 1. The first-order valence-electron chi connectivity index (χ1n) is 7.07. The Morgan fingerprint density at radius 3 is 2.60 bits per heavy atom. The Bertz CT molecular complexity index is 374. The number of nitrogens with zero attached hydrogens (tertiary/aromatic N) is 2. The molecule has 2 aliphatic heterocycles. The van der Waals surface area contributed by atoms with Crippen LogP contribution in [0.25, 0.3) is 0 Å². The minimum Gasteiger partial charge on any atom is -0.481 e. The van der Waals surface area contributed by atoms with E-state index in [1.807, 2.05) is 11.8 Å². The van der Waals surface area contributed by atoms with Gasteiger partial charge in [0.2, 0.25) is 0 Å². The molecule has 1 unspecified atom stereocenters. The van der Waals surface area contributed by atoms with Gasteiger partial charge in [-0.1, -0.05) is 0 Å². The summed E-state index contributed by atoms with van der Waals surface area (Å²) < 4.78 is 0. The molecule has 6 nitrogen and oxygen atoms in total.